The van der Waals surface area contributed by atoms with Gasteiger partial charge in [0.15, 0.2) is 0 Å². The number of amides is 1. The average Bonchev–Trinajstić information content (AvgIpc) is 1.87. The first-order valence-electron chi connectivity index (χ1n) is 2.67. The van der Waals surface area contributed by atoms with E-state index in [1.54, 1.807) is 5.32 Å². The van der Waals surface area contributed by atoms with Gasteiger partial charge in [-0.1, -0.05) is 0 Å². The predicted molar refractivity (Wildman–Crippen MR) is 25.6 cm³/mol. The van der Waals surface area contributed by atoms with Gasteiger partial charge in [0.1, 0.15) is 0 Å². The number of hydrogen-bond acceptors (Lipinski definition) is 1. The molecule has 0 radical (unpaired) electrons. The molecular weight excluding hydrogens is 90.1 g/mol. The SMILES string of the molecule is CC1CCC(=O)[NH2+]1. The number of hydrogen-bond donors (Lipinski definition) is 1. The third-order valence-electron chi connectivity index (χ3n) is 1.32. The second-order valence-corrected chi connectivity index (χ2v) is 2.15. The summed E-state index contributed by atoms with van der Waals surface area (Å²) in [7, 11) is 0. The molecule has 7 heavy (non-hydrogen) atoms. The summed E-state index contributed by atoms with van der Waals surface area (Å²) < 4.78 is 0. The topological polar surface area (TPSA) is 33.7 Å². The average molecular weight is 100 g/mol. The molecule has 0 saturated carbocycles. The van der Waals surface area contributed by atoms with Gasteiger partial charge >= 0.3 is 5.91 Å². The molecule has 1 unspecified atom stereocenters. The summed E-state index contributed by atoms with van der Waals surface area (Å²) in [6.07, 6.45) is 1.85. The van der Waals surface area contributed by atoms with Crippen LogP contribution >= 0.6 is 0 Å². The van der Waals surface area contributed by atoms with E-state index in [1.165, 1.54) is 0 Å². The number of rotatable bonds is 0. The van der Waals surface area contributed by atoms with E-state index in [4.69, 9.17) is 0 Å². The lowest BCUT2D eigenvalue weighted by atomic mass is 10.3. The molecule has 0 aromatic rings. The van der Waals surface area contributed by atoms with Crippen molar-refractivity contribution < 1.29 is 10.1 Å². The first-order chi connectivity index (χ1) is 3.29. The summed E-state index contributed by atoms with van der Waals surface area (Å²) in [6.45, 7) is 2.07. The van der Waals surface area contributed by atoms with Crippen molar-refractivity contribution in [3.63, 3.8) is 0 Å². The second-order valence-electron chi connectivity index (χ2n) is 2.15. The lowest BCUT2D eigenvalue weighted by molar-refractivity contribution is -0.587. The van der Waals surface area contributed by atoms with Gasteiger partial charge in [0.2, 0.25) is 0 Å². The molecule has 1 aliphatic rings. The maximum Gasteiger partial charge on any atom is 0.310 e. The molecular formula is C5H10NO+. The number of quaternary nitrogens is 1. The highest BCUT2D eigenvalue weighted by molar-refractivity contribution is 5.66. The van der Waals surface area contributed by atoms with Crippen LogP contribution in [0.5, 0.6) is 0 Å². The zero-order chi connectivity index (χ0) is 5.28. The van der Waals surface area contributed by atoms with Crippen LogP contribution in [0.15, 0.2) is 0 Å². The van der Waals surface area contributed by atoms with Gasteiger partial charge in [0.25, 0.3) is 0 Å². The van der Waals surface area contributed by atoms with E-state index in [0.717, 1.165) is 12.8 Å². The van der Waals surface area contributed by atoms with E-state index in [9.17, 15) is 4.79 Å². The molecule has 2 heteroatoms. The van der Waals surface area contributed by atoms with E-state index in [2.05, 4.69) is 6.92 Å². The highest BCUT2D eigenvalue weighted by Gasteiger charge is 2.20. The van der Waals surface area contributed by atoms with Crippen LogP contribution in [0, 0.1) is 0 Å². The van der Waals surface area contributed by atoms with E-state index in [0.29, 0.717) is 11.9 Å². The summed E-state index contributed by atoms with van der Waals surface area (Å²) in [5.41, 5.74) is 0. The first-order valence-corrected chi connectivity index (χ1v) is 2.67. The Kier molecular flexibility index (Phi) is 1.11. The minimum atomic E-state index is 0.326. The Bertz CT molecular complexity index is 90.1. The van der Waals surface area contributed by atoms with Gasteiger partial charge in [0, 0.05) is 6.42 Å². The summed E-state index contributed by atoms with van der Waals surface area (Å²) in [4.78, 5) is 10.4. The van der Waals surface area contributed by atoms with Crippen molar-refractivity contribution in [2.45, 2.75) is 25.8 Å². The van der Waals surface area contributed by atoms with Gasteiger partial charge < -0.3 is 0 Å². The fourth-order valence-corrected chi connectivity index (χ4v) is 0.854. The van der Waals surface area contributed by atoms with Crippen molar-refractivity contribution in [1.29, 1.82) is 0 Å². The molecule has 0 aliphatic carbocycles. The first kappa shape index (κ1) is 4.78. The molecule has 1 amide bonds. The lowest BCUT2D eigenvalue weighted by Gasteiger charge is -1.89. The smallest absolute Gasteiger partial charge is 0.281 e. The monoisotopic (exact) mass is 100 g/mol. The van der Waals surface area contributed by atoms with Crippen molar-refractivity contribution >= 4 is 5.91 Å². The molecule has 40 valence electrons. The van der Waals surface area contributed by atoms with Gasteiger partial charge in [-0.05, 0) is 6.92 Å². The Hall–Kier alpha value is -0.370. The van der Waals surface area contributed by atoms with Crippen LogP contribution in [0.4, 0.5) is 0 Å². The van der Waals surface area contributed by atoms with Gasteiger partial charge in [0.05, 0.1) is 12.5 Å². The summed E-state index contributed by atoms with van der Waals surface area (Å²) in [5, 5.41) is 1.81. The van der Waals surface area contributed by atoms with Crippen molar-refractivity contribution in [3.05, 3.63) is 0 Å². The molecule has 0 spiro atoms. The molecule has 1 heterocycles. The lowest BCUT2D eigenvalue weighted by Crippen LogP contribution is -2.88. The van der Waals surface area contributed by atoms with Crippen molar-refractivity contribution in [2.75, 3.05) is 0 Å². The Morgan fingerprint density at radius 1 is 1.86 bits per heavy atom. The minimum absolute atomic E-state index is 0.326. The molecule has 2 N–H and O–H groups in total. The Morgan fingerprint density at radius 3 is 2.71 bits per heavy atom. The Balaban J connectivity index is 2.40. The summed E-state index contributed by atoms with van der Waals surface area (Å²) in [5.74, 6) is 0.326. The van der Waals surface area contributed by atoms with Gasteiger partial charge in [-0.15, -0.1) is 0 Å². The maximum atomic E-state index is 10.4. The summed E-state index contributed by atoms with van der Waals surface area (Å²) in [6, 6.07) is 0.549. The normalized spacial score (nSPS) is 31.6. The molecule has 0 bridgehead atoms. The standard InChI is InChI=1S/C5H9NO/c1-4-2-3-5(7)6-4/h4H,2-3H2,1H3,(H,6,7)/p+1. The van der Waals surface area contributed by atoms with Gasteiger partial charge in [-0.2, -0.15) is 0 Å². The third kappa shape index (κ3) is 0.996. The van der Waals surface area contributed by atoms with Crippen molar-refractivity contribution in [2.24, 2.45) is 0 Å². The van der Waals surface area contributed by atoms with Crippen molar-refractivity contribution in [3.8, 4) is 0 Å². The Morgan fingerprint density at radius 2 is 2.57 bits per heavy atom. The fraction of sp³-hybridized carbons (Fsp3) is 0.800. The van der Waals surface area contributed by atoms with E-state index in [-0.39, 0.29) is 0 Å². The third-order valence-corrected chi connectivity index (χ3v) is 1.32. The zero-order valence-electron chi connectivity index (χ0n) is 4.48. The molecule has 0 aromatic carbocycles. The van der Waals surface area contributed by atoms with E-state index in [1.807, 2.05) is 0 Å². The van der Waals surface area contributed by atoms with Gasteiger partial charge in [-0.3, -0.25) is 5.32 Å². The molecule has 1 fully saturated rings. The molecule has 1 saturated heterocycles. The maximum absolute atomic E-state index is 10.4. The number of carbonyl (C=O) groups is 1. The van der Waals surface area contributed by atoms with Crippen LogP contribution in [-0.4, -0.2) is 11.9 Å². The largest absolute Gasteiger partial charge is 0.310 e. The van der Waals surface area contributed by atoms with E-state index >= 15 is 0 Å². The molecule has 1 atom stereocenters. The minimum Gasteiger partial charge on any atom is -0.281 e. The van der Waals surface area contributed by atoms with E-state index < -0.39 is 0 Å². The van der Waals surface area contributed by atoms with Crippen LogP contribution in [0.25, 0.3) is 0 Å². The molecule has 1 rings (SSSR count). The second kappa shape index (κ2) is 1.62. The quantitative estimate of drug-likeness (QED) is 0.427. The van der Waals surface area contributed by atoms with Crippen molar-refractivity contribution in [1.82, 2.24) is 0 Å². The highest BCUT2D eigenvalue weighted by Crippen LogP contribution is 1.95. The van der Waals surface area contributed by atoms with Crippen LogP contribution in [0.1, 0.15) is 19.8 Å². The number of carbonyl (C=O) groups excluding carboxylic acids is 1. The van der Waals surface area contributed by atoms with Crippen LogP contribution in [0.2, 0.25) is 0 Å². The van der Waals surface area contributed by atoms with Crippen LogP contribution in [-0.2, 0) is 4.79 Å². The van der Waals surface area contributed by atoms with Crippen LogP contribution in [0.3, 0.4) is 0 Å². The highest BCUT2D eigenvalue weighted by atomic mass is 16.1. The van der Waals surface area contributed by atoms with Crippen LogP contribution < -0.4 is 5.32 Å². The Labute approximate surface area is 42.9 Å². The zero-order valence-corrected chi connectivity index (χ0v) is 4.48. The summed E-state index contributed by atoms with van der Waals surface area (Å²) >= 11 is 0. The molecule has 1 aliphatic heterocycles. The molecule has 2 nitrogen and oxygen atoms in total. The van der Waals surface area contributed by atoms with Gasteiger partial charge in [-0.25, -0.2) is 4.79 Å². The fourth-order valence-electron chi connectivity index (χ4n) is 0.854. The molecule has 0 aromatic heterocycles. The number of nitrogens with two attached hydrogens (primary N) is 1. The number of primary amides is 1. The predicted octanol–water partition coefficient (Wildman–Crippen LogP) is -0.741.